The van der Waals surface area contributed by atoms with Crippen LogP contribution >= 0.6 is 11.8 Å². The van der Waals surface area contributed by atoms with E-state index in [0.29, 0.717) is 0 Å². The topological polar surface area (TPSA) is 38.0 Å². The van der Waals surface area contributed by atoms with E-state index >= 15 is 0 Å². The molecule has 0 bridgehead atoms. The molecule has 1 rings (SSSR count). The van der Waals surface area contributed by atoms with Gasteiger partial charge in [-0.05, 0) is 30.1 Å². The van der Waals surface area contributed by atoms with E-state index in [1.165, 1.54) is 12.8 Å². The summed E-state index contributed by atoms with van der Waals surface area (Å²) in [5.41, 5.74) is 6.33. The molecule has 1 aliphatic rings. The van der Waals surface area contributed by atoms with E-state index in [1.807, 2.05) is 12.3 Å². The third-order valence-corrected chi connectivity index (χ3v) is 2.54. The van der Waals surface area contributed by atoms with Gasteiger partial charge in [-0.25, -0.2) is 0 Å². The van der Waals surface area contributed by atoms with Crippen LogP contribution in [0.5, 0.6) is 0 Å². The molecule has 1 saturated carbocycles. The van der Waals surface area contributed by atoms with Crippen molar-refractivity contribution in [3.63, 3.8) is 0 Å². The van der Waals surface area contributed by atoms with E-state index in [4.69, 9.17) is 5.73 Å². The summed E-state index contributed by atoms with van der Waals surface area (Å²) in [7, 11) is 0. The molecule has 0 heterocycles. The Kier molecular flexibility index (Phi) is 3.69. The molecule has 0 aromatic carbocycles. The predicted molar refractivity (Wildman–Crippen MR) is 55.7 cm³/mol. The van der Waals surface area contributed by atoms with Gasteiger partial charge in [-0.1, -0.05) is 6.58 Å². The Morgan fingerprint density at radius 2 is 2.42 bits per heavy atom. The first kappa shape index (κ1) is 9.68. The Morgan fingerprint density at radius 3 is 2.92 bits per heavy atom. The Labute approximate surface area is 78.3 Å². The SMILES string of the molecule is C=C(CNC1CC1)S/C=C(/C)N. The van der Waals surface area contributed by atoms with Gasteiger partial charge in [-0.15, -0.1) is 11.8 Å². The molecule has 0 saturated heterocycles. The van der Waals surface area contributed by atoms with Gasteiger partial charge < -0.3 is 11.1 Å². The third kappa shape index (κ3) is 4.46. The maximum absolute atomic E-state index is 5.49. The smallest absolute Gasteiger partial charge is 0.0265 e. The van der Waals surface area contributed by atoms with E-state index in [0.717, 1.165) is 23.2 Å². The molecule has 0 unspecified atom stereocenters. The average Bonchev–Trinajstić information content (AvgIpc) is 2.80. The van der Waals surface area contributed by atoms with Gasteiger partial charge in [0.25, 0.3) is 0 Å². The summed E-state index contributed by atoms with van der Waals surface area (Å²) in [5, 5.41) is 5.32. The lowest BCUT2D eigenvalue weighted by Gasteiger charge is -2.03. The lowest BCUT2D eigenvalue weighted by molar-refractivity contribution is 0.750. The number of thioether (sulfide) groups is 1. The minimum atomic E-state index is 0.755. The van der Waals surface area contributed by atoms with Crippen molar-refractivity contribution in [2.75, 3.05) is 6.54 Å². The second kappa shape index (κ2) is 4.58. The molecule has 1 aliphatic carbocycles. The van der Waals surface area contributed by atoms with Gasteiger partial charge in [0, 0.05) is 18.3 Å². The molecule has 3 heteroatoms. The fraction of sp³-hybridized carbons (Fsp3) is 0.556. The highest BCUT2D eigenvalue weighted by Crippen LogP contribution is 2.21. The van der Waals surface area contributed by atoms with Crippen LogP contribution in [0.1, 0.15) is 19.8 Å². The molecule has 0 radical (unpaired) electrons. The van der Waals surface area contributed by atoms with Crippen LogP contribution in [0.3, 0.4) is 0 Å². The summed E-state index contributed by atoms with van der Waals surface area (Å²) in [5.74, 6) is 0. The number of rotatable bonds is 5. The van der Waals surface area contributed by atoms with Crippen molar-refractivity contribution in [3.05, 3.63) is 22.6 Å². The Hall–Kier alpha value is -0.410. The molecule has 0 spiro atoms. The molecule has 2 nitrogen and oxygen atoms in total. The number of allylic oxidation sites excluding steroid dienone is 1. The van der Waals surface area contributed by atoms with Crippen molar-refractivity contribution < 1.29 is 0 Å². The van der Waals surface area contributed by atoms with E-state index in [-0.39, 0.29) is 0 Å². The normalized spacial score (nSPS) is 17.9. The molecule has 0 aromatic rings. The van der Waals surface area contributed by atoms with Gasteiger partial charge in [0.2, 0.25) is 0 Å². The van der Waals surface area contributed by atoms with Crippen LogP contribution in [0.15, 0.2) is 22.6 Å². The molecule has 12 heavy (non-hydrogen) atoms. The van der Waals surface area contributed by atoms with Gasteiger partial charge in [0.1, 0.15) is 0 Å². The number of hydrogen-bond donors (Lipinski definition) is 2. The lowest BCUT2D eigenvalue weighted by atomic mass is 10.6. The van der Waals surface area contributed by atoms with Crippen molar-refractivity contribution in [1.29, 1.82) is 0 Å². The fourth-order valence-corrected chi connectivity index (χ4v) is 1.28. The van der Waals surface area contributed by atoms with E-state index in [1.54, 1.807) is 11.8 Å². The summed E-state index contributed by atoms with van der Waals surface area (Å²) < 4.78 is 0. The molecule has 3 N–H and O–H groups in total. The number of hydrogen-bond acceptors (Lipinski definition) is 3. The number of nitrogens with one attached hydrogen (secondary N) is 1. The van der Waals surface area contributed by atoms with Crippen molar-refractivity contribution >= 4 is 11.8 Å². The van der Waals surface area contributed by atoms with Crippen LogP contribution in [0.4, 0.5) is 0 Å². The van der Waals surface area contributed by atoms with E-state index in [9.17, 15) is 0 Å². The van der Waals surface area contributed by atoms with Gasteiger partial charge >= 0.3 is 0 Å². The first-order valence-electron chi connectivity index (χ1n) is 4.18. The molecule has 68 valence electrons. The average molecular weight is 184 g/mol. The van der Waals surface area contributed by atoms with E-state index < -0.39 is 0 Å². The lowest BCUT2D eigenvalue weighted by Crippen LogP contribution is -2.17. The van der Waals surface area contributed by atoms with Crippen molar-refractivity contribution in [3.8, 4) is 0 Å². The van der Waals surface area contributed by atoms with Gasteiger partial charge in [-0.2, -0.15) is 0 Å². The molecule has 0 aromatic heterocycles. The van der Waals surface area contributed by atoms with Crippen LogP contribution < -0.4 is 11.1 Å². The Bertz CT molecular complexity index is 191. The zero-order valence-electron chi connectivity index (χ0n) is 7.47. The van der Waals surface area contributed by atoms with Gasteiger partial charge in [0.05, 0.1) is 0 Å². The summed E-state index contributed by atoms with van der Waals surface area (Å²) in [4.78, 5) is 1.13. The van der Waals surface area contributed by atoms with Crippen molar-refractivity contribution in [2.24, 2.45) is 5.73 Å². The molecular formula is C9H16N2S. The van der Waals surface area contributed by atoms with Crippen molar-refractivity contribution in [1.82, 2.24) is 5.32 Å². The zero-order chi connectivity index (χ0) is 8.97. The fourth-order valence-electron chi connectivity index (χ4n) is 0.764. The molecule has 0 amide bonds. The molecule has 0 aliphatic heterocycles. The summed E-state index contributed by atoms with van der Waals surface area (Å²) in [6.07, 6.45) is 2.65. The standard InChI is InChI=1S/C9H16N2S/c1-7(10)6-12-8(2)5-11-9-3-4-9/h6,9,11H,2-5,10H2,1H3/b7-6-. The highest BCUT2D eigenvalue weighted by molar-refractivity contribution is 8.05. The second-order valence-corrected chi connectivity index (χ2v) is 4.22. The van der Waals surface area contributed by atoms with Gasteiger partial charge in [0.15, 0.2) is 0 Å². The first-order valence-corrected chi connectivity index (χ1v) is 5.06. The van der Waals surface area contributed by atoms with E-state index in [2.05, 4.69) is 11.9 Å². The summed E-state index contributed by atoms with van der Waals surface area (Å²) >= 11 is 1.61. The predicted octanol–water partition coefficient (Wildman–Crippen LogP) is 1.81. The van der Waals surface area contributed by atoms with Crippen LogP contribution in [-0.2, 0) is 0 Å². The molecule has 0 atom stereocenters. The maximum Gasteiger partial charge on any atom is 0.0265 e. The minimum absolute atomic E-state index is 0.755. The highest BCUT2D eigenvalue weighted by Gasteiger charge is 2.19. The summed E-state index contributed by atoms with van der Waals surface area (Å²) in [6.45, 7) is 6.71. The van der Waals surface area contributed by atoms with Crippen LogP contribution in [0.25, 0.3) is 0 Å². The number of nitrogens with two attached hydrogens (primary N) is 1. The Morgan fingerprint density at radius 1 is 1.75 bits per heavy atom. The second-order valence-electron chi connectivity index (χ2n) is 3.17. The first-order chi connectivity index (χ1) is 5.68. The summed E-state index contributed by atoms with van der Waals surface area (Å²) in [6, 6.07) is 0.755. The third-order valence-electron chi connectivity index (χ3n) is 1.58. The van der Waals surface area contributed by atoms with Crippen LogP contribution in [0, 0.1) is 0 Å². The molecular weight excluding hydrogens is 168 g/mol. The molecule has 1 fully saturated rings. The van der Waals surface area contributed by atoms with Crippen molar-refractivity contribution in [2.45, 2.75) is 25.8 Å². The highest BCUT2D eigenvalue weighted by atomic mass is 32.2. The minimum Gasteiger partial charge on any atom is -0.402 e. The maximum atomic E-state index is 5.49. The van der Waals surface area contributed by atoms with Gasteiger partial charge in [-0.3, -0.25) is 0 Å². The quantitative estimate of drug-likeness (QED) is 0.684. The zero-order valence-corrected chi connectivity index (χ0v) is 8.29. The van der Waals surface area contributed by atoms with Crippen LogP contribution in [0.2, 0.25) is 0 Å². The Balaban J connectivity index is 2.06. The van der Waals surface area contributed by atoms with Crippen LogP contribution in [-0.4, -0.2) is 12.6 Å². The largest absolute Gasteiger partial charge is 0.402 e. The monoisotopic (exact) mass is 184 g/mol.